The molecule has 1 aliphatic rings. The highest BCUT2D eigenvalue weighted by Gasteiger charge is 2.31. The van der Waals surface area contributed by atoms with Crippen molar-refractivity contribution >= 4 is 46.4 Å². The fourth-order valence-electron chi connectivity index (χ4n) is 2.84. The van der Waals surface area contributed by atoms with Gasteiger partial charge in [0.2, 0.25) is 5.27 Å². The molecule has 162 valence electrons. The molecular formula is C22H20N6O3S. The molecule has 1 aromatic carbocycles. The van der Waals surface area contributed by atoms with E-state index in [1.165, 1.54) is 4.90 Å². The quantitative estimate of drug-likeness (QED) is 0.248. The Morgan fingerprint density at radius 2 is 2.00 bits per heavy atom. The number of hydrogen-bond donors (Lipinski definition) is 0. The number of pyridine rings is 1. The van der Waals surface area contributed by atoms with E-state index in [4.69, 9.17) is 4.52 Å². The Balaban J connectivity index is 1.57. The number of carbonyl (C=O) groups excluding carboxylic acids is 1. The van der Waals surface area contributed by atoms with Gasteiger partial charge in [-0.3, -0.25) is 19.2 Å². The van der Waals surface area contributed by atoms with Crippen molar-refractivity contribution < 1.29 is 19.1 Å². The molecular weight excluding hydrogens is 428 g/mol. The van der Waals surface area contributed by atoms with Crippen LogP contribution in [0.2, 0.25) is 0 Å². The number of thioether (sulfide) groups is 1. The summed E-state index contributed by atoms with van der Waals surface area (Å²) in [6, 6.07) is 12.8. The summed E-state index contributed by atoms with van der Waals surface area (Å²) in [7, 11) is 0. The lowest BCUT2D eigenvalue weighted by Crippen LogP contribution is -2.36. The molecule has 3 aromatic rings. The number of rotatable bonds is 6. The van der Waals surface area contributed by atoms with Gasteiger partial charge in [-0.2, -0.15) is 0 Å². The molecule has 9 nitrogen and oxygen atoms in total. The van der Waals surface area contributed by atoms with Gasteiger partial charge in [-0.05, 0) is 60.3 Å². The van der Waals surface area contributed by atoms with Gasteiger partial charge in [-0.1, -0.05) is 30.0 Å². The van der Waals surface area contributed by atoms with Gasteiger partial charge in [0.15, 0.2) is 11.2 Å². The van der Waals surface area contributed by atoms with Gasteiger partial charge in [-0.25, -0.2) is 9.98 Å². The highest BCUT2D eigenvalue weighted by Crippen LogP contribution is 2.29. The van der Waals surface area contributed by atoms with Crippen LogP contribution >= 0.6 is 11.8 Å². The summed E-state index contributed by atoms with van der Waals surface area (Å²) in [4.78, 5) is 27.0. The summed E-state index contributed by atoms with van der Waals surface area (Å²) in [6.45, 7) is 3.88. The van der Waals surface area contributed by atoms with Gasteiger partial charge in [0.05, 0.1) is 5.69 Å². The number of carbonyl (C=O) groups is 1. The number of para-hydroxylation sites is 1. The number of nitrogens with zero attached hydrogens (tertiary/aromatic N) is 6. The zero-order valence-corrected chi connectivity index (χ0v) is 18.3. The topological polar surface area (TPSA) is 111 Å². The molecule has 2 aromatic heterocycles. The Labute approximate surface area is 188 Å². The minimum atomic E-state index is -0.420. The minimum absolute atomic E-state index is 0.0135. The lowest BCUT2D eigenvalue weighted by molar-refractivity contribution is -0.779. The van der Waals surface area contributed by atoms with Crippen molar-refractivity contribution in [2.75, 3.05) is 10.7 Å². The number of anilines is 1. The third-order valence-electron chi connectivity index (χ3n) is 4.41. The fraction of sp³-hybridized carbons (Fsp3) is 0.182. The third kappa shape index (κ3) is 4.92. The van der Waals surface area contributed by atoms with Gasteiger partial charge in [-0.15, -0.1) is 0 Å². The summed E-state index contributed by atoms with van der Waals surface area (Å²) in [6.07, 6.45) is 6.55. The Kier molecular flexibility index (Phi) is 6.41. The maximum Gasteiger partial charge on any atom is 0.320 e. The first-order chi connectivity index (χ1) is 15.5. The molecule has 10 heteroatoms. The third-order valence-corrected chi connectivity index (χ3v) is 5.34. The van der Waals surface area contributed by atoms with Crippen LogP contribution in [0.4, 0.5) is 11.6 Å². The summed E-state index contributed by atoms with van der Waals surface area (Å²) in [5.74, 6) is -0.572. The Bertz CT molecular complexity index is 1190. The summed E-state index contributed by atoms with van der Waals surface area (Å²) in [5, 5.41) is 16.6. The van der Waals surface area contributed by atoms with E-state index in [1.54, 1.807) is 41.5 Å². The zero-order chi connectivity index (χ0) is 22.5. The summed E-state index contributed by atoms with van der Waals surface area (Å²) in [5.41, 5.74) is 1.75. The molecule has 1 aliphatic heterocycles. The number of benzene rings is 1. The van der Waals surface area contributed by atoms with Crippen molar-refractivity contribution in [3.05, 3.63) is 72.3 Å². The first kappa shape index (κ1) is 21.4. The highest BCUT2D eigenvalue weighted by atomic mass is 32.2. The second-order valence-corrected chi connectivity index (χ2v) is 8.03. The van der Waals surface area contributed by atoms with Crippen LogP contribution in [-0.2, 0) is 4.79 Å². The minimum Gasteiger partial charge on any atom is -0.861 e. The molecule has 0 unspecified atom stereocenters. The predicted molar refractivity (Wildman–Crippen MR) is 120 cm³/mol. The van der Waals surface area contributed by atoms with Gasteiger partial charge >= 0.3 is 5.88 Å². The lowest BCUT2D eigenvalue weighted by atomic mass is 10.2. The smallest absolute Gasteiger partial charge is 0.320 e. The number of aliphatic imine (C=N–C) groups is 2. The molecule has 0 spiro atoms. The van der Waals surface area contributed by atoms with Gasteiger partial charge in [0.25, 0.3) is 12.1 Å². The molecule has 0 fully saturated rings. The maximum atomic E-state index is 13.1. The molecule has 32 heavy (non-hydrogen) atoms. The zero-order valence-electron chi connectivity index (χ0n) is 17.5. The van der Waals surface area contributed by atoms with Gasteiger partial charge in [0, 0.05) is 18.1 Å². The number of amidine groups is 1. The Hall–Kier alpha value is -3.79. The van der Waals surface area contributed by atoms with E-state index < -0.39 is 5.90 Å². The number of amides is 1. The standard InChI is InChI=1S/C22H20N6O3S/c1-15(2)27-13-20(31-26-27)25-19(29)14-32-22-24-18(12-16-8-10-23-11-9-16)21(30)28(22)17-6-4-3-5-7-17/h3-13,15H,14H2,1-2H3/b18-12+. The maximum absolute atomic E-state index is 13.1. The second-order valence-electron chi connectivity index (χ2n) is 7.09. The van der Waals surface area contributed by atoms with Crippen LogP contribution in [0.3, 0.4) is 0 Å². The average molecular weight is 449 g/mol. The van der Waals surface area contributed by atoms with Crippen LogP contribution < -0.4 is 14.7 Å². The molecule has 0 radical (unpaired) electrons. The van der Waals surface area contributed by atoms with E-state index in [0.717, 1.165) is 17.3 Å². The molecule has 0 bridgehead atoms. The lowest BCUT2D eigenvalue weighted by Gasteiger charge is -2.18. The molecule has 0 saturated heterocycles. The Morgan fingerprint density at radius 1 is 1.25 bits per heavy atom. The molecule has 3 heterocycles. The van der Waals surface area contributed by atoms with E-state index in [-0.39, 0.29) is 29.3 Å². The average Bonchev–Trinajstić information content (AvgIpc) is 3.38. The second kappa shape index (κ2) is 9.56. The van der Waals surface area contributed by atoms with E-state index in [0.29, 0.717) is 10.9 Å². The van der Waals surface area contributed by atoms with Crippen molar-refractivity contribution in [1.82, 2.24) is 10.3 Å². The normalized spacial score (nSPS) is 15.7. The van der Waals surface area contributed by atoms with Crippen LogP contribution in [0.25, 0.3) is 6.08 Å². The van der Waals surface area contributed by atoms with Crippen molar-refractivity contribution in [2.24, 2.45) is 9.98 Å². The number of hydrogen-bond acceptors (Lipinski definition) is 8. The van der Waals surface area contributed by atoms with Gasteiger partial charge < -0.3 is 5.11 Å². The van der Waals surface area contributed by atoms with Crippen LogP contribution in [0.15, 0.2) is 81.3 Å². The molecule has 0 N–H and O–H groups in total. The van der Waals surface area contributed by atoms with E-state index >= 15 is 0 Å². The highest BCUT2D eigenvalue weighted by molar-refractivity contribution is 8.14. The Morgan fingerprint density at radius 3 is 2.69 bits per heavy atom. The first-order valence-corrected chi connectivity index (χ1v) is 10.9. The monoisotopic (exact) mass is 448 g/mol. The summed E-state index contributed by atoms with van der Waals surface area (Å²) >= 11 is 1.14. The molecule has 0 atom stereocenters. The summed E-state index contributed by atoms with van der Waals surface area (Å²) < 4.78 is 6.64. The predicted octanol–water partition coefficient (Wildman–Crippen LogP) is 2.51. The van der Waals surface area contributed by atoms with Crippen molar-refractivity contribution in [2.45, 2.75) is 19.9 Å². The van der Waals surface area contributed by atoms with Crippen LogP contribution in [0.1, 0.15) is 25.5 Å². The largest absolute Gasteiger partial charge is 0.861 e. The first-order valence-electron chi connectivity index (χ1n) is 9.86. The van der Waals surface area contributed by atoms with Crippen LogP contribution in [0.5, 0.6) is 0 Å². The van der Waals surface area contributed by atoms with Crippen molar-refractivity contribution in [1.29, 1.82) is 0 Å². The molecule has 0 aliphatic carbocycles. The van der Waals surface area contributed by atoms with E-state index in [1.807, 2.05) is 44.2 Å². The number of aromatic nitrogens is 3. The molecule has 4 rings (SSSR count). The van der Waals surface area contributed by atoms with Crippen molar-refractivity contribution in [3.8, 4) is 0 Å². The van der Waals surface area contributed by atoms with Crippen LogP contribution in [-0.4, -0.2) is 33.0 Å². The van der Waals surface area contributed by atoms with E-state index in [9.17, 15) is 9.90 Å². The van der Waals surface area contributed by atoms with Gasteiger partial charge in [0.1, 0.15) is 5.70 Å². The van der Waals surface area contributed by atoms with Crippen molar-refractivity contribution in [3.63, 3.8) is 0 Å². The molecule has 0 saturated carbocycles. The van der Waals surface area contributed by atoms with E-state index in [2.05, 4.69) is 20.2 Å². The fourth-order valence-corrected chi connectivity index (χ4v) is 3.64. The SMILES string of the molecule is CC(C)[n+]1cc(/N=C(\[O-])CSC2=N/C(=C/c3ccncc3)C(=O)N2c2ccccc2)on1. The molecule has 1 amide bonds. The van der Waals surface area contributed by atoms with Crippen LogP contribution in [0, 0.1) is 0 Å².